The molecule has 0 atom stereocenters. The van der Waals surface area contributed by atoms with E-state index in [1.54, 1.807) is 0 Å². The van der Waals surface area contributed by atoms with E-state index in [1.165, 1.54) is 15.8 Å². The zero-order valence-corrected chi connectivity index (χ0v) is 10.9. The molecule has 1 heterocycles. The van der Waals surface area contributed by atoms with Gasteiger partial charge in [0.1, 0.15) is 0 Å². The molecule has 2 rings (SSSR count). The first-order chi connectivity index (χ1) is 7.24. The molecule has 3 heteroatoms. The molecular formula is C12H14N2Se. The number of hydrogen-bond acceptors (Lipinski definition) is 1. The Hall–Kier alpha value is -1.05. The van der Waals surface area contributed by atoms with E-state index in [1.807, 2.05) is 22.9 Å². The minimum atomic E-state index is 0.515. The molecule has 0 saturated heterocycles. The molecule has 0 unspecified atom stereocenters. The second-order valence-corrected chi connectivity index (χ2v) is 5.16. The molecule has 0 aliphatic rings. The van der Waals surface area contributed by atoms with E-state index in [4.69, 9.17) is 0 Å². The molecule has 15 heavy (non-hydrogen) atoms. The van der Waals surface area contributed by atoms with Crippen LogP contribution in [0.4, 0.5) is 0 Å². The predicted octanol–water partition coefficient (Wildman–Crippen LogP) is 1.87. The van der Waals surface area contributed by atoms with Crippen molar-refractivity contribution in [2.45, 2.75) is 19.7 Å². The van der Waals surface area contributed by atoms with Crippen molar-refractivity contribution in [3.8, 4) is 5.69 Å². The van der Waals surface area contributed by atoms with Gasteiger partial charge in [-0.25, -0.2) is 0 Å². The molecule has 1 aromatic carbocycles. The molecule has 2 nitrogen and oxygen atoms in total. The van der Waals surface area contributed by atoms with Crippen molar-refractivity contribution in [2.24, 2.45) is 0 Å². The third-order valence-corrected chi connectivity index (χ3v) is 4.53. The normalized spacial score (nSPS) is 10.6. The molecule has 0 saturated carbocycles. The first kappa shape index (κ1) is 10.5. The molecule has 0 amide bonds. The van der Waals surface area contributed by atoms with Crippen LogP contribution in [0.2, 0.25) is 5.82 Å². The standard InChI is InChI=1S/C12H14N2Se/c1-9-12(15-3)10(2)14(13-9)11-7-5-4-6-8-11/h4-8H,1-3H3. The van der Waals surface area contributed by atoms with Crippen LogP contribution in [0, 0.1) is 13.8 Å². The van der Waals surface area contributed by atoms with Crippen LogP contribution in [0.15, 0.2) is 30.3 Å². The zero-order chi connectivity index (χ0) is 10.8. The summed E-state index contributed by atoms with van der Waals surface area (Å²) < 4.78 is 3.46. The molecule has 0 N–H and O–H groups in total. The fraction of sp³-hybridized carbons (Fsp3) is 0.250. The van der Waals surface area contributed by atoms with E-state index in [2.05, 4.69) is 36.9 Å². The number of aryl methyl sites for hydroxylation is 1. The summed E-state index contributed by atoms with van der Waals surface area (Å²) in [5, 5.41) is 4.58. The second kappa shape index (κ2) is 4.21. The molecule has 0 bridgehead atoms. The first-order valence-electron chi connectivity index (χ1n) is 4.89. The summed E-state index contributed by atoms with van der Waals surface area (Å²) in [6, 6.07) is 10.3. The topological polar surface area (TPSA) is 17.8 Å². The summed E-state index contributed by atoms with van der Waals surface area (Å²) in [5.74, 6) is 2.24. The van der Waals surface area contributed by atoms with Gasteiger partial charge in [-0.2, -0.15) is 0 Å². The van der Waals surface area contributed by atoms with Gasteiger partial charge >= 0.3 is 96.3 Å². The summed E-state index contributed by atoms with van der Waals surface area (Å²) in [6.07, 6.45) is 0. The van der Waals surface area contributed by atoms with E-state index in [0.29, 0.717) is 15.0 Å². The van der Waals surface area contributed by atoms with Crippen LogP contribution in [0.5, 0.6) is 0 Å². The Kier molecular flexibility index (Phi) is 2.94. The van der Waals surface area contributed by atoms with E-state index in [0.717, 1.165) is 5.69 Å². The monoisotopic (exact) mass is 266 g/mol. The van der Waals surface area contributed by atoms with Gasteiger partial charge in [0.25, 0.3) is 0 Å². The SMILES string of the molecule is C[Se]c1c(C)nn(-c2ccccc2)c1C. The van der Waals surface area contributed by atoms with Gasteiger partial charge in [0, 0.05) is 0 Å². The van der Waals surface area contributed by atoms with Gasteiger partial charge in [-0.05, 0) is 0 Å². The molecule has 0 fully saturated rings. The van der Waals surface area contributed by atoms with Crippen LogP contribution < -0.4 is 4.46 Å². The maximum atomic E-state index is 4.58. The van der Waals surface area contributed by atoms with Crippen molar-refractivity contribution in [1.82, 2.24) is 9.78 Å². The van der Waals surface area contributed by atoms with Gasteiger partial charge in [0.2, 0.25) is 0 Å². The van der Waals surface area contributed by atoms with E-state index in [9.17, 15) is 0 Å². The molecular weight excluding hydrogens is 251 g/mol. The van der Waals surface area contributed by atoms with Crippen LogP contribution in [-0.2, 0) is 0 Å². The Morgan fingerprint density at radius 2 is 1.80 bits per heavy atom. The summed E-state index contributed by atoms with van der Waals surface area (Å²) in [4.78, 5) is 0. The summed E-state index contributed by atoms with van der Waals surface area (Å²) in [5.41, 5.74) is 3.59. The van der Waals surface area contributed by atoms with Crippen LogP contribution in [0.25, 0.3) is 5.69 Å². The van der Waals surface area contributed by atoms with E-state index in [-0.39, 0.29) is 0 Å². The van der Waals surface area contributed by atoms with Crippen molar-refractivity contribution in [2.75, 3.05) is 0 Å². The first-order valence-corrected chi connectivity index (χ1v) is 7.46. The fourth-order valence-electron chi connectivity index (χ4n) is 1.74. The number of rotatable bonds is 2. The van der Waals surface area contributed by atoms with Crippen LogP contribution in [-0.4, -0.2) is 24.7 Å². The van der Waals surface area contributed by atoms with Gasteiger partial charge in [-0.1, -0.05) is 0 Å². The Morgan fingerprint density at radius 1 is 1.13 bits per heavy atom. The van der Waals surface area contributed by atoms with Crippen molar-refractivity contribution in [1.29, 1.82) is 0 Å². The summed E-state index contributed by atoms with van der Waals surface area (Å²) in [7, 11) is 0. The summed E-state index contributed by atoms with van der Waals surface area (Å²) in [6.45, 7) is 4.24. The van der Waals surface area contributed by atoms with Crippen molar-refractivity contribution < 1.29 is 0 Å². The van der Waals surface area contributed by atoms with Crippen LogP contribution in [0.3, 0.4) is 0 Å². The fourth-order valence-corrected chi connectivity index (χ4v) is 3.25. The number of para-hydroxylation sites is 1. The van der Waals surface area contributed by atoms with Crippen molar-refractivity contribution in [3.05, 3.63) is 41.7 Å². The summed E-state index contributed by atoms with van der Waals surface area (Å²) >= 11 is 0.515. The maximum absolute atomic E-state index is 4.58. The van der Waals surface area contributed by atoms with Crippen LogP contribution >= 0.6 is 0 Å². The van der Waals surface area contributed by atoms with Gasteiger partial charge < -0.3 is 0 Å². The van der Waals surface area contributed by atoms with Crippen LogP contribution in [0.1, 0.15) is 11.4 Å². The van der Waals surface area contributed by atoms with E-state index >= 15 is 0 Å². The van der Waals surface area contributed by atoms with Crippen molar-refractivity contribution >= 4 is 19.4 Å². The molecule has 0 aliphatic carbocycles. The van der Waals surface area contributed by atoms with Gasteiger partial charge in [-0.15, -0.1) is 0 Å². The molecule has 1 aromatic heterocycles. The van der Waals surface area contributed by atoms with Gasteiger partial charge in [0.05, 0.1) is 0 Å². The Bertz CT molecular complexity index is 460. The molecule has 0 radical (unpaired) electrons. The zero-order valence-electron chi connectivity index (χ0n) is 9.19. The number of benzene rings is 1. The Balaban J connectivity index is 2.55. The third-order valence-electron chi connectivity index (χ3n) is 2.43. The van der Waals surface area contributed by atoms with Crippen molar-refractivity contribution in [3.63, 3.8) is 0 Å². The quantitative estimate of drug-likeness (QED) is 0.758. The van der Waals surface area contributed by atoms with E-state index < -0.39 is 0 Å². The number of nitrogens with zero attached hydrogens (tertiary/aromatic N) is 2. The average Bonchev–Trinajstić information content (AvgIpc) is 2.55. The number of aromatic nitrogens is 2. The number of hydrogen-bond donors (Lipinski definition) is 0. The molecule has 0 spiro atoms. The second-order valence-electron chi connectivity index (χ2n) is 3.45. The Morgan fingerprint density at radius 3 is 2.33 bits per heavy atom. The molecule has 0 aliphatic heterocycles. The molecule has 2 aromatic rings. The average molecular weight is 265 g/mol. The molecule has 78 valence electrons. The predicted molar refractivity (Wildman–Crippen MR) is 64.3 cm³/mol. The van der Waals surface area contributed by atoms with Gasteiger partial charge in [-0.3, -0.25) is 0 Å². The minimum absolute atomic E-state index is 0.515. The van der Waals surface area contributed by atoms with Gasteiger partial charge in [0.15, 0.2) is 0 Å². The third kappa shape index (κ3) is 1.85. The Labute approximate surface area is 96.5 Å².